The Morgan fingerprint density at radius 1 is 1.62 bits per heavy atom. The van der Waals surface area contributed by atoms with E-state index in [1.165, 1.54) is 0 Å². The first-order valence-corrected chi connectivity index (χ1v) is 5.17. The number of pyridine rings is 1. The molecule has 0 bridgehead atoms. The molecule has 0 aliphatic rings. The van der Waals surface area contributed by atoms with E-state index in [9.17, 15) is 8.78 Å². The number of hydrogen-bond donors (Lipinski definition) is 1. The first-order chi connectivity index (χ1) is 6.07. The molecule has 1 heterocycles. The summed E-state index contributed by atoms with van der Waals surface area (Å²) in [5, 5.41) is 8.89. The number of halogens is 4. The molecule has 0 saturated heterocycles. The Morgan fingerprint density at radius 2 is 2.23 bits per heavy atom. The van der Waals surface area contributed by atoms with E-state index < -0.39 is 13.0 Å². The smallest absolute Gasteiger partial charge is 0.265 e. The Labute approximate surface area is 95.6 Å². The van der Waals surface area contributed by atoms with Gasteiger partial charge in [0.25, 0.3) is 6.43 Å². The summed E-state index contributed by atoms with van der Waals surface area (Å²) in [6.07, 6.45) is -1.53. The molecule has 1 aromatic heterocycles. The van der Waals surface area contributed by atoms with Gasteiger partial charge < -0.3 is 5.11 Å². The highest BCUT2D eigenvalue weighted by Crippen LogP contribution is 2.29. The van der Waals surface area contributed by atoms with Crippen LogP contribution in [0.5, 0.6) is 0 Å². The van der Waals surface area contributed by atoms with Gasteiger partial charge in [0.1, 0.15) is 4.60 Å². The average Bonchev–Trinajstić information content (AvgIpc) is 2.09. The van der Waals surface area contributed by atoms with E-state index in [-0.39, 0.29) is 11.1 Å². The summed E-state index contributed by atoms with van der Waals surface area (Å²) in [6.45, 7) is -0.404. The molecular weight excluding hydrogens is 359 g/mol. The molecule has 0 radical (unpaired) electrons. The number of rotatable bonds is 2. The lowest BCUT2D eigenvalue weighted by Crippen LogP contribution is -2.00. The van der Waals surface area contributed by atoms with Crippen LogP contribution < -0.4 is 0 Å². The Kier molecular flexibility index (Phi) is 3.99. The van der Waals surface area contributed by atoms with Crippen molar-refractivity contribution in [2.45, 2.75) is 13.0 Å². The van der Waals surface area contributed by atoms with Gasteiger partial charge in [-0.05, 0) is 38.5 Å². The number of alkyl halides is 2. The predicted octanol–water partition coefficient (Wildman–Crippen LogP) is 2.88. The summed E-state index contributed by atoms with van der Waals surface area (Å²) in [4.78, 5) is 3.73. The molecule has 13 heavy (non-hydrogen) atoms. The van der Waals surface area contributed by atoms with Gasteiger partial charge in [-0.1, -0.05) is 0 Å². The molecule has 1 aromatic rings. The van der Waals surface area contributed by atoms with E-state index in [0.29, 0.717) is 8.17 Å². The van der Waals surface area contributed by atoms with Crippen molar-refractivity contribution in [1.82, 2.24) is 4.98 Å². The summed E-state index contributed by atoms with van der Waals surface area (Å²) in [5.74, 6) is 0. The molecule has 0 atom stereocenters. The van der Waals surface area contributed by atoms with Gasteiger partial charge in [-0.3, -0.25) is 0 Å². The lowest BCUT2D eigenvalue weighted by atomic mass is 10.1. The second-order valence-electron chi connectivity index (χ2n) is 2.26. The summed E-state index contributed by atoms with van der Waals surface area (Å²) in [5.41, 5.74) is 0.0209. The Balaban J connectivity index is 3.30. The van der Waals surface area contributed by atoms with Crippen LogP contribution >= 0.6 is 38.5 Å². The van der Waals surface area contributed by atoms with Crippen molar-refractivity contribution in [3.63, 3.8) is 0 Å². The van der Waals surface area contributed by atoms with Gasteiger partial charge in [-0.25, -0.2) is 13.8 Å². The van der Waals surface area contributed by atoms with Crippen molar-refractivity contribution < 1.29 is 13.9 Å². The zero-order chi connectivity index (χ0) is 10.0. The van der Waals surface area contributed by atoms with E-state index in [1.54, 1.807) is 0 Å². The topological polar surface area (TPSA) is 33.1 Å². The molecule has 0 amide bonds. The van der Waals surface area contributed by atoms with Crippen molar-refractivity contribution >= 4 is 38.5 Å². The maximum atomic E-state index is 12.4. The number of nitrogens with zero attached hydrogens (tertiary/aromatic N) is 1. The molecule has 1 N–H and O–H groups in total. The van der Waals surface area contributed by atoms with E-state index in [1.807, 2.05) is 22.6 Å². The van der Waals surface area contributed by atoms with E-state index in [0.717, 1.165) is 6.20 Å². The van der Waals surface area contributed by atoms with E-state index >= 15 is 0 Å². The van der Waals surface area contributed by atoms with Gasteiger partial charge in [-0.15, -0.1) is 0 Å². The zero-order valence-electron chi connectivity index (χ0n) is 6.27. The molecular formula is C7H5BrF2INO. The molecule has 2 nitrogen and oxygen atoms in total. The molecule has 6 heteroatoms. The molecule has 0 aliphatic carbocycles. The van der Waals surface area contributed by atoms with Crippen molar-refractivity contribution in [3.8, 4) is 0 Å². The predicted molar refractivity (Wildman–Crippen MR) is 55.5 cm³/mol. The number of aliphatic hydroxyl groups is 1. The van der Waals surface area contributed by atoms with Crippen LogP contribution in [0.2, 0.25) is 0 Å². The minimum Gasteiger partial charge on any atom is -0.392 e. The maximum Gasteiger partial charge on any atom is 0.265 e. The van der Waals surface area contributed by atoms with Gasteiger partial charge >= 0.3 is 0 Å². The Morgan fingerprint density at radius 3 is 2.69 bits per heavy atom. The van der Waals surface area contributed by atoms with Gasteiger partial charge in [0.15, 0.2) is 0 Å². The van der Waals surface area contributed by atoms with Crippen LogP contribution in [-0.2, 0) is 6.61 Å². The van der Waals surface area contributed by atoms with Gasteiger partial charge in [0.05, 0.1) is 10.2 Å². The van der Waals surface area contributed by atoms with Gasteiger partial charge in [0.2, 0.25) is 0 Å². The molecule has 0 saturated carbocycles. The third-order valence-corrected chi connectivity index (χ3v) is 4.01. The number of hydrogen-bond acceptors (Lipinski definition) is 2. The van der Waals surface area contributed by atoms with Crippen LogP contribution in [0.1, 0.15) is 17.6 Å². The van der Waals surface area contributed by atoms with Crippen LogP contribution in [0.4, 0.5) is 8.78 Å². The van der Waals surface area contributed by atoms with Crippen LogP contribution in [0.3, 0.4) is 0 Å². The second-order valence-corrected chi connectivity index (χ2v) is 4.09. The fourth-order valence-corrected chi connectivity index (χ4v) is 1.82. The van der Waals surface area contributed by atoms with E-state index in [2.05, 4.69) is 20.9 Å². The molecule has 1 rings (SSSR count). The minimum atomic E-state index is -2.60. The fourth-order valence-electron chi connectivity index (χ4n) is 0.861. The highest BCUT2D eigenvalue weighted by Gasteiger charge is 2.17. The van der Waals surface area contributed by atoms with Crippen LogP contribution in [0.15, 0.2) is 10.8 Å². The molecule has 0 fully saturated rings. The SMILES string of the molecule is OCc1c(C(F)F)cnc(Br)c1I. The normalized spacial score (nSPS) is 10.9. The number of aliphatic hydroxyl groups excluding tert-OH is 1. The standard InChI is InChI=1S/C7H5BrF2INO/c8-6-5(11)4(2-13)3(1-12-6)7(9)10/h1,7,13H,2H2. The maximum absolute atomic E-state index is 12.4. The summed E-state index contributed by atoms with van der Waals surface area (Å²) < 4.78 is 25.7. The summed E-state index contributed by atoms with van der Waals surface area (Å²) in [7, 11) is 0. The second kappa shape index (κ2) is 4.61. The Hall–Kier alpha value is 0.180. The van der Waals surface area contributed by atoms with Crippen molar-refractivity contribution in [2.24, 2.45) is 0 Å². The lowest BCUT2D eigenvalue weighted by Gasteiger charge is -2.08. The highest BCUT2D eigenvalue weighted by atomic mass is 127. The van der Waals surface area contributed by atoms with Crippen molar-refractivity contribution in [2.75, 3.05) is 0 Å². The summed E-state index contributed by atoms with van der Waals surface area (Å²) >= 11 is 4.96. The van der Waals surface area contributed by atoms with Crippen molar-refractivity contribution in [3.05, 3.63) is 25.5 Å². The van der Waals surface area contributed by atoms with E-state index in [4.69, 9.17) is 5.11 Å². The molecule has 0 aromatic carbocycles. The first-order valence-electron chi connectivity index (χ1n) is 3.29. The molecule has 0 aliphatic heterocycles. The average molecular weight is 364 g/mol. The van der Waals surface area contributed by atoms with Crippen LogP contribution in [0.25, 0.3) is 0 Å². The largest absolute Gasteiger partial charge is 0.392 e. The minimum absolute atomic E-state index is 0.213. The highest BCUT2D eigenvalue weighted by molar-refractivity contribution is 14.1. The van der Waals surface area contributed by atoms with Crippen LogP contribution in [-0.4, -0.2) is 10.1 Å². The first kappa shape index (κ1) is 11.3. The van der Waals surface area contributed by atoms with Gasteiger partial charge in [0, 0.05) is 17.3 Å². The number of aromatic nitrogens is 1. The Bertz CT molecular complexity index is 322. The third-order valence-electron chi connectivity index (χ3n) is 1.50. The van der Waals surface area contributed by atoms with Crippen LogP contribution in [0, 0.1) is 3.57 Å². The lowest BCUT2D eigenvalue weighted by molar-refractivity contribution is 0.146. The third kappa shape index (κ3) is 2.35. The monoisotopic (exact) mass is 363 g/mol. The quantitative estimate of drug-likeness (QED) is 0.647. The molecule has 72 valence electrons. The van der Waals surface area contributed by atoms with Gasteiger partial charge in [-0.2, -0.15) is 0 Å². The van der Waals surface area contributed by atoms with Crippen molar-refractivity contribution in [1.29, 1.82) is 0 Å². The molecule has 0 spiro atoms. The molecule has 0 unspecified atom stereocenters. The zero-order valence-corrected chi connectivity index (χ0v) is 10.0. The fraction of sp³-hybridized carbons (Fsp3) is 0.286. The summed E-state index contributed by atoms with van der Waals surface area (Å²) in [6, 6.07) is 0.